The summed E-state index contributed by atoms with van der Waals surface area (Å²) in [5, 5.41) is 3.53. The van der Waals surface area contributed by atoms with Crippen molar-refractivity contribution in [3.05, 3.63) is 59.6 Å². The zero-order valence-electron chi connectivity index (χ0n) is 36.7. The summed E-state index contributed by atoms with van der Waals surface area (Å²) in [6.45, 7) is 20.2. The standard InChI is InChI=1S/C44H53F2N7O6SSi/c1-24(2)61(25(3)4,26(5)6)20-15-30-32(45)14-13-28-21-29(58-23-56-11)22-31(33(28)30)37-35(46)38-34-40(52-42(50-38)60(12)55)53(18-19-57-41(34)49-37)27(7)36-39(48-17-16-47-36)51-43(54)59-44(8,9)10/h13-14,16-17,21-22,24-27H,18-19,23H2,1-12H3,(H,48,51,54). The maximum atomic E-state index is 17.7. The second-order valence-electron chi connectivity index (χ2n) is 16.9. The molecular weight excluding hydrogens is 821 g/mol. The molecule has 3 aromatic heterocycles. The first-order valence-corrected chi connectivity index (χ1v) is 23.9. The summed E-state index contributed by atoms with van der Waals surface area (Å²) in [5.74, 6) is 2.47. The molecule has 1 N–H and O–H groups in total. The number of methoxy groups -OCH3 is 1. The number of halogens is 2. The number of aromatic nitrogens is 5. The smallest absolute Gasteiger partial charge is 0.413 e. The minimum absolute atomic E-state index is 0.00188. The molecule has 0 fully saturated rings. The molecule has 2 atom stereocenters. The molecule has 6 rings (SSSR count). The Labute approximate surface area is 358 Å². The van der Waals surface area contributed by atoms with Crippen LogP contribution in [0.4, 0.5) is 25.2 Å². The number of carbonyl (C=O) groups is 1. The molecule has 13 nitrogen and oxygen atoms in total. The monoisotopic (exact) mass is 873 g/mol. The first kappa shape index (κ1) is 45.2. The summed E-state index contributed by atoms with van der Waals surface area (Å²) in [6, 6.07) is 5.59. The number of hydrogen-bond donors (Lipinski definition) is 1. The summed E-state index contributed by atoms with van der Waals surface area (Å²) in [7, 11) is -2.65. The van der Waals surface area contributed by atoms with Gasteiger partial charge < -0.3 is 23.8 Å². The Kier molecular flexibility index (Phi) is 13.3. The Hall–Kier alpha value is -5.31. The van der Waals surface area contributed by atoms with Crippen molar-refractivity contribution in [1.82, 2.24) is 24.9 Å². The van der Waals surface area contributed by atoms with Gasteiger partial charge in [0.1, 0.15) is 60.0 Å². The number of hydrogen-bond acceptors (Lipinski definition) is 12. The molecule has 0 saturated heterocycles. The van der Waals surface area contributed by atoms with Crippen molar-refractivity contribution in [3.8, 4) is 34.4 Å². The molecule has 0 radical (unpaired) electrons. The highest BCUT2D eigenvalue weighted by Gasteiger charge is 2.42. The fourth-order valence-corrected chi connectivity index (χ4v) is 13.9. The lowest BCUT2D eigenvalue weighted by Gasteiger charge is -2.38. The third-order valence-electron chi connectivity index (χ3n) is 10.9. The average molecular weight is 874 g/mol. The quantitative estimate of drug-likeness (QED) is 0.0583. The molecule has 0 aliphatic carbocycles. The second-order valence-corrected chi connectivity index (χ2v) is 23.8. The Morgan fingerprint density at radius 2 is 1.69 bits per heavy atom. The first-order chi connectivity index (χ1) is 28.8. The number of pyridine rings is 1. The van der Waals surface area contributed by atoms with Crippen LogP contribution < -0.4 is 19.7 Å². The number of benzene rings is 2. The van der Waals surface area contributed by atoms with Crippen LogP contribution in [-0.2, 0) is 20.3 Å². The number of rotatable bonds is 11. The molecule has 1 aliphatic rings. The minimum atomic E-state index is -2.36. The van der Waals surface area contributed by atoms with E-state index in [2.05, 4.69) is 78.3 Å². The average Bonchev–Trinajstić information content (AvgIpc) is 3.37. The number of nitrogens with zero attached hydrogens (tertiary/aromatic N) is 6. The van der Waals surface area contributed by atoms with Crippen LogP contribution in [0.15, 0.2) is 41.8 Å². The van der Waals surface area contributed by atoms with Gasteiger partial charge >= 0.3 is 6.09 Å². The van der Waals surface area contributed by atoms with Crippen LogP contribution >= 0.6 is 0 Å². The molecule has 2 unspecified atom stereocenters. The van der Waals surface area contributed by atoms with Gasteiger partial charge in [0.15, 0.2) is 18.4 Å². The van der Waals surface area contributed by atoms with Crippen LogP contribution in [0.2, 0.25) is 16.6 Å². The van der Waals surface area contributed by atoms with E-state index in [1.54, 1.807) is 43.9 Å². The van der Waals surface area contributed by atoms with E-state index in [-0.39, 0.29) is 87.0 Å². The lowest BCUT2D eigenvalue weighted by Crippen LogP contribution is -2.43. The highest BCUT2D eigenvalue weighted by Crippen LogP contribution is 2.45. The molecule has 61 heavy (non-hydrogen) atoms. The lowest BCUT2D eigenvalue weighted by molar-refractivity contribution is 0.0512. The topological polar surface area (TPSA) is 151 Å². The number of nitrogens with one attached hydrogen (secondary N) is 1. The zero-order chi connectivity index (χ0) is 44.6. The molecule has 5 aromatic rings. The second kappa shape index (κ2) is 18.0. The Balaban J connectivity index is 1.61. The van der Waals surface area contributed by atoms with Crippen LogP contribution in [0.5, 0.6) is 11.6 Å². The SMILES string of the molecule is COCOc1cc(-c2nc3c4c(nc(S(C)=O)nc4c2F)N(C(C)c2nccnc2NC(=O)OC(C)(C)C)CCO3)c2c(C#C[Si](C(C)C)(C(C)C)C(C)C)c(F)ccc2c1. The molecule has 0 saturated carbocycles. The van der Waals surface area contributed by atoms with Crippen LogP contribution in [0, 0.1) is 23.1 Å². The first-order valence-electron chi connectivity index (χ1n) is 20.2. The van der Waals surface area contributed by atoms with Crippen LogP contribution in [0.3, 0.4) is 0 Å². The van der Waals surface area contributed by atoms with Crippen molar-refractivity contribution < 1.29 is 36.7 Å². The van der Waals surface area contributed by atoms with Crippen molar-refractivity contribution >= 4 is 58.3 Å². The minimum Gasteiger partial charge on any atom is -0.475 e. The molecule has 4 heterocycles. The van der Waals surface area contributed by atoms with Crippen molar-refractivity contribution in [2.45, 2.75) is 103 Å². The highest BCUT2D eigenvalue weighted by atomic mass is 32.2. The zero-order valence-corrected chi connectivity index (χ0v) is 38.5. The van der Waals surface area contributed by atoms with Crippen molar-refractivity contribution in [3.63, 3.8) is 0 Å². The number of fused-ring (bicyclic) bond motifs is 1. The fraction of sp³-hybridized carbons (Fsp3) is 0.455. The van der Waals surface area contributed by atoms with Crippen LogP contribution in [0.25, 0.3) is 32.9 Å². The summed E-state index contributed by atoms with van der Waals surface area (Å²) in [5.41, 5.74) is 3.90. The van der Waals surface area contributed by atoms with Gasteiger partial charge in [-0.05, 0) is 67.9 Å². The molecule has 1 aliphatic heterocycles. The number of carbonyl (C=O) groups excluding carboxylic acids is 1. The molecule has 324 valence electrons. The van der Waals surface area contributed by atoms with E-state index in [0.717, 1.165) is 0 Å². The number of anilines is 2. The maximum Gasteiger partial charge on any atom is 0.413 e. The lowest BCUT2D eigenvalue weighted by atomic mass is 9.95. The van der Waals surface area contributed by atoms with Gasteiger partial charge in [-0.15, -0.1) is 5.54 Å². The fourth-order valence-electron chi connectivity index (χ4n) is 8.28. The number of ether oxygens (including phenoxy) is 4. The van der Waals surface area contributed by atoms with Crippen molar-refractivity contribution in [2.24, 2.45) is 0 Å². The van der Waals surface area contributed by atoms with E-state index < -0.39 is 48.2 Å². The number of amides is 1. The van der Waals surface area contributed by atoms with Crippen molar-refractivity contribution in [1.29, 1.82) is 0 Å². The van der Waals surface area contributed by atoms with Crippen LogP contribution in [-0.4, -0.2) is 82.2 Å². The Morgan fingerprint density at radius 1 is 1.00 bits per heavy atom. The van der Waals surface area contributed by atoms with E-state index in [1.807, 2.05) is 6.92 Å². The van der Waals surface area contributed by atoms with Crippen LogP contribution in [0.1, 0.15) is 86.5 Å². The molecule has 1 amide bonds. The summed E-state index contributed by atoms with van der Waals surface area (Å²) >= 11 is 0. The van der Waals surface area contributed by atoms with Gasteiger partial charge in [0, 0.05) is 36.7 Å². The van der Waals surface area contributed by atoms with Gasteiger partial charge in [0.2, 0.25) is 11.0 Å². The van der Waals surface area contributed by atoms with Gasteiger partial charge in [-0.2, -0.15) is 0 Å². The van der Waals surface area contributed by atoms with Gasteiger partial charge in [-0.3, -0.25) is 14.5 Å². The molecule has 0 spiro atoms. The van der Waals surface area contributed by atoms with E-state index in [0.29, 0.717) is 22.2 Å². The molecule has 17 heteroatoms. The van der Waals surface area contributed by atoms with E-state index in [4.69, 9.17) is 23.9 Å². The highest BCUT2D eigenvalue weighted by molar-refractivity contribution is 7.84. The molecular formula is C44H53F2N7O6SSi. The summed E-state index contributed by atoms with van der Waals surface area (Å²) < 4.78 is 70.0. The third-order valence-corrected chi connectivity index (χ3v) is 17.9. The normalized spacial score (nSPS) is 14.1. The van der Waals surface area contributed by atoms with Gasteiger partial charge in [0.05, 0.1) is 28.9 Å². The predicted molar refractivity (Wildman–Crippen MR) is 236 cm³/mol. The van der Waals surface area contributed by atoms with Crippen molar-refractivity contribution in [2.75, 3.05) is 43.5 Å². The predicted octanol–water partition coefficient (Wildman–Crippen LogP) is 9.51. The maximum absolute atomic E-state index is 17.7. The largest absolute Gasteiger partial charge is 0.475 e. The van der Waals surface area contributed by atoms with Gasteiger partial charge in [-0.1, -0.05) is 53.5 Å². The Bertz CT molecular complexity index is 2550. The van der Waals surface area contributed by atoms with E-state index >= 15 is 8.78 Å². The van der Waals surface area contributed by atoms with E-state index in [9.17, 15) is 9.00 Å². The Morgan fingerprint density at radius 3 is 2.33 bits per heavy atom. The molecule has 0 bridgehead atoms. The van der Waals surface area contributed by atoms with E-state index in [1.165, 1.54) is 31.8 Å². The summed E-state index contributed by atoms with van der Waals surface area (Å²) in [6.07, 6.45) is 3.59. The van der Waals surface area contributed by atoms with Gasteiger partial charge in [-0.25, -0.2) is 33.5 Å². The third kappa shape index (κ3) is 9.03. The van der Waals surface area contributed by atoms with Gasteiger partial charge in [0.25, 0.3) is 0 Å². The summed E-state index contributed by atoms with van der Waals surface area (Å²) in [4.78, 5) is 37.5. The molecule has 2 aromatic carbocycles.